The summed E-state index contributed by atoms with van der Waals surface area (Å²) in [6, 6.07) is 0. The molecule has 1 aliphatic rings. The van der Waals surface area contributed by atoms with Crippen LogP contribution in [-0.4, -0.2) is 49.6 Å². The van der Waals surface area contributed by atoms with Crippen molar-refractivity contribution in [2.24, 2.45) is 0 Å². The van der Waals surface area contributed by atoms with Gasteiger partial charge in [-0.25, -0.2) is 0 Å². The number of nitrogens with one attached hydrogen (secondary N) is 1. The molecular formula is C12H26N2S. The van der Waals surface area contributed by atoms with Gasteiger partial charge in [0.15, 0.2) is 0 Å². The van der Waals surface area contributed by atoms with Crippen LogP contribution >= 0.6 is 11.8 Å². The Bertz CT molecular complexity index is 134. The van der Waals surface area contributed by atoms with Crippen molar-refractivity contribution in [1.29, 1.82) is 0 Å². The maximum absolute atomic E-state index is 3.45. The fourth-order valence-corrected chi connectivity index (χ4v) is 2.55. The minimum absolute atomic E-state index is 1.19. The number of hydrogen-bond acceptors (Lipinski definition) is 3. The Kier molecular flexibility index (Phi) is 8.44. The SMILES string of the molecule is CSCCCCCCN1CCCNCC1. The number of unbranched alkanes of at least 4 members (excludes halogenated alkanes) is 3. The van der Waals surface area contributed by atoms with Gasteiger partial charge in [-0.05, 0) is 50.9 Å². The summed E-state index contributed by atoms with van der Waals surface area (Å²) in [5.74, 6) is 1.34. The highest BCUT2D eigenvalue weighted by Gasteiger charge is 2.06. The van der Waals surface area contributed by atoms with Crippen molar-refractivity contribution in [3.05, 3.63) is 0 Å². The summed E-state index contributed by atoms with van der Waals surface area (Å²) in [6.07, 6.45) is 9.17. The van der Waals surface area contributed by atoms with Crippen molar-refractivity contribution in [1.82, 2.24) is 10.2 Å². The Morgan fingerprint density at radius 2 is 1.93 bits per heavy atom. The highest BCUT2D eigenvalue weighted by molar-refractivity contribution is 7.98. The summed E-state index contributed by atoms with van der Waals surface area (Å²) in [5, 5.41) is 3.45. The molecule has 15 heavy (non-hydrogen) atoms. The monoisotopic (exact) mass is 230 g/mol. The quantitative estimate of drug-likeness (QED) is 0.675. The molecule has 0 bridgehead atoms. The number of nitrogens with zero attached hydrogens (tertiary/aromatic N) is 1. The van der Waals surface area contributed by atoms with Crippen LogP contribution in [0.2, 0.25) is 0 Å². The van der Waals surface area contributed by atoms with Crippen molar-refractivity contribution in [3.63, 3.8) is 0 Å². The van der Waals surface area contributed by atoms with Crippen LogP contribution in [0.5, 0.6) is 0 Å². The minimum Gasteiger partial charge on any atom is -0.315 e. The van der Waals surface area contributed by atoms with Crippen LogP contribution < -0.4 is 5.32 Å². The molecule has 0 spiro atoms. The Morgan fingerprint density at radius 1 is 1.07 bits per heavy atom. The Hall–Kier alpha value is 0.270. The van der Waals surface area contributed by atoms with E-state index in [1.807, 2.05) is 11.8 Å². The summed E-state index contributed by atoms with van der Waals surface area (Å²) in [5.41, 5.74) is 0. The highest BCUT2D eigenvalue weighted by Crippen LogP contribution is 2.06. The molecule has 0 atom stereocenters. The zero-order valence-corrected chi connectivity index (χ0v) is 11.0. The van der Waals surface area contributed by atoms with E-state index in [0.717, 1.165) is 0 Å². The maximum atomic E-state index is 3.45. The van der Waals surface area contributed by atoms with Crippen LogP contribution in [0, 0.1) is 0 Å². The zero-order chi connectivity index (χ0) is 10.8. The number of hydrogen-bond donors (Lipinski definition) is 1. The highest BCUT2D eigenvalue weighted by atomic mass is 32.2. The lowest BCUT2D eigenvalue weighted by Gasteiger charge is -2.18. The van der Waals surface area contributed by atoms with E-state index < -0.39 is 0 Å². The normalized spacial score (nSPS) is 19.0. The van der Waals surface area contributed by atoms with Crippen molar-refractivity contribution in [2.75, 3.05) is 44.7 Å². The fourth-order valence-electron chi connectivity index (χ4n) is 2.06. The van der Waals surface area contributed by atoms with Gasteiger partial charge in [-0.3, -0.25) is 0 Å². The lowest BCUT2D eigenvalue weighted by Crippen LogP contribution is -2.29. The molecule has 2 nitrogen and oxygen atoms in total. The number of rotatable bonds is 7. The van der Waals surface area contributed by atoms with E-state index in [1.54, 1.807) is 0 Å². The first-order valence-corrected chi connectivity index (χ1v) is 7.75. The molecule has 0 saturated carbocycles. The number of thioether (sulfide) groups is 1. The predicted octanol–water partition coefficient (Wildman–Crippen LogP) is 2.21. The van der Waals surface area contributed by atoms with Crippen LogP contribution in [0.1, 0.15) is 32.1 Å². The van der Waals surface area contributed by atoms with E-state index in [1.165, 1.54) is 70.6 Å². The molecule has 0 aromatic rings. The molecule has 0 amide bonds. The molecular weight excluding hydrogens is 204 g/mol. The van der Waals surface area contributed by atoms with Gasteiger partial charge >= 0.3 is 0 Å². The Morgan fingerprint density at radius 3 is 2.80 bits per heavy atom. The molecule has 0 aliphatic carbocycles. The van der Waals surface area contributed by atoms with Gasteiger partial charge in [-0.2, -0.15) is 11.8 Å². The zero-order valence-electron chi connectivity index (χ0n) is 10.1. The third-order valence-electron chi connectivity index (χ3n) is 3.01. The van der Waals surface area contributed by atoms with Gasteiger partial charge in [-0.15, -0.1) is 0 Å². The second kappa shape index (κ2) is 9.49. The van der Waals surface area contributed by atoms with Crippen molar-refractivity contribution in [2.45, 2.75) is 32.1 Å². The molecule has 1 saturated heterocycles. The fraction of sp³-hybridized carbons (Fsp3) is 1.00. The second-order valence-electron chi connectivity index (χ2n) is 4.35. The molecule has 0 aromatic carbocycles. The Balaban J connectivity index is 1.89. The molecule has 1 fully saturated rings. The lowest BCUT2D eigenvalue weighted by atomic mass is 10.2. The van der Waals surface area contributed by atoms with Gasteiger partial charge in [0.05, 0.1) is 0 Å². The van der Waals surface area contributed by atoms with E-state index in [4.69, 9.17) is 0 Å². The average molecular weight is 230 g/mol. The molecule has 90 valence electrons. The minimum atomic E-state index is 1.19. The van der Waals surface area contributed by atoms with Gasteiger partial charge in [0, 0.05) is 13.1 Å². The van der Waals surface area contributed by atoms with Crippen LogP contribution in [0.3, 0.4) is 0 Å². The predicted molar refractivity (Wildman–Crippen MR) is 70.8 cm³/mol. The van der Waals surface area contributed by atoms with Crippen molar-refractivity contribution < 1.29 is 0 Å². The van der Waals surface area contributed by atoms with E-state index in [-0.39, 0.29) is 0 Å². The van der Waals surface area contributed by atoms with Crippen LogP contribution in [-0.2, 0) is 0 Å². The summed E-state index contributed by atoms with van der Waals surface area (Å²) in [4.78, 5) is 2.62. The van der Waals surface area contributed by atoms with Gasteiger partial charge in [0.25, 0.3) is 0 Å². The van der Waals surface area contributed by atoms with E-state index in [0.29, 0.717) is 0 Å². The van der Waals surface area contributed by atoms with Gasteiger partial charge < -0.3 is 10.2 Å². The van der Waals surface area contributed by atoms with E-state index in [2.05, 4.69) is 16.5 Å². The van der Waals surface area contributed by atoms with Crippen LogP contribution in [0.4, 0.5) is 0 Å². The van der Waals surface area contributed by atoms with Crippen LogP contribution in [0.25, 0.3) is 0 Å². The van der Waals surface area contributed by atoms with Crippen LogP contribution in [0.15, 0.2) is 0 Å². The standard InChI is InChI=1S/C12H26N2S/c1-15-12-5-3-2-4-9-14-10-6-7-13-8-11-14/h13H,2-12H2,1H3. The summed E-state index contributed by atoms with van der Waals surface area (Å²) >= 11 is 1.97. The summed E-state index contributed by atoms with van der Waals surface area (Å²) in [6.45, 7) is 6.28. The third kappa shape index (κ3) is 7.20. The molecule has 1 aliphatic heterocycles. The van der Waals surface area contributed by atoms with Crippen molar-refractivity contribution in [3.8, 4) is 0 Å². The molecule has 3 heteroatoms. The maximum Gasteiger partial charge on any atom is 0.0107 e. The third-order valence-corrected chi connectivity index (χ3v) is 3.70. The summed E-state index contributed by atoms with van der Waals surface area (Å²) in [7, 11) is 0. The molecule has 1 N–H and O–H groups in total. The average Bonchev–Trinajstić information content (AvgIpc) is 2.52. The van der Waals surface area contributed by atoms with Gasteiger partial charge in [0.1, 0.15) is 0 Å². The second-order valence-corrected chi connectivity index (χ2v) is 5.34. The Labute approximate surface area is 99.2 Å². The molecule has 1 heterocycles. The van der Waals surface area contributed by atoms with Gasteiger partial charge in [0.2, 0.25) is 0 Å². The first-order chi connectivity index (χ1) is 7.43. The van der Waals surface area contributed by atoms with Crippen molar-refractivity contribution >= 4 is 11.8 Å². The van der Waals surface area contributed by atoms with E-state index in [9.17, 15) is 0 Å². The largest absolute Gasteiger partial charge is 0.315 e. The first kappa shape index (κ1) is 13.3. The topological polar surface area (TPSA) is 15.3 Å². The van der Waals surface area contributed by atoms with Gasteiger partial charge in [-0.1, -0.05) is 12.8 Å². The molecule has 0 unspecified atom stereocenters. The first-order valence-electron chi connectivity index (χ1n) is 6.35. The molecule has 1 rings (SSSR count). The smallest absolute Gasteiger partial charge is 0.0107 e. The lowest BCUT2D eigenvalue weighted by molar-refractivity contribution is 0.285. The van der Waals surface area contributed by atoms with E-state index >= 15 is 0 Å². The summed E-state index contributed by atoms with van der Waals surface area (Å²) < 4.78 is 0. The molecule has 0 radical (unpaired) electrons. The molecule has 0 aromatic heterocycles.